The first-order chi connectivity index (χ1) is 14.0. The van der Waals surface area contributed by atoms with Crippen LogP contribution in [0.1, 0.15) is 7.12 Å². The number of carbonyl (C=O) groups is 4. The monoisotopic (exact) mass is 507 g/mol. The van der Waals surface area contributed by atoms with E-state index in [9.17, 15) is 27.6 Å². The SMILES string of the molecule is CO/N=C(/C(=O)NC1C(=O)N(S(=O)(=O)O)C1C(=O)OC)c1csc(NC(=O)CCl)n1.[H-].[Na+]. The van der Waals surface area contributed by atoms with Gasteiger partial charge in [0, 0.05) is 5.38 Å². The molecule has 2 unspecified atom stereocenters. The number of aromatic nitrogens is 1. The van der Waals surface area contributed by atoms with Crippen molar-refractivity contribution in [2.45, 2.75) is 12.1 Å². The van der Waals surface area contributed by atoms with Crippen LogP contribution >= 0.6 is 22.9 Å². The van der Waals surface area contributed by atoms with Crippen LogP contribution in [-0.4, -0.2) is 83.8 Å². The fourth-order valence-electron chi connectivity index (χ4n) is 2.31. The number of rotatable bonds is 8. The minimum absolute atomic E-state index is 0. The molecule has 3 N–H and O–H groups in total. The molecule has 14 nitrogen and oxygen atoms in total. The molecule has 3 amide bonds. The molecule has 0 spiro atoms. The van der Waals surface area contributed by atoms with Gasteiger partial charge in [0.1, 0.15) is 24.7 Å². The van der Waals surface area contributed by atoms with Gasteiger partial charge in [0.2, 0.25) is 5.91 Å². The second-order valence-corrected chi connectivity index (χ2v) is 7.79. The molecule has 2 rings (SSSR count). The average molecular weight is 508 g/mol. The Morgan fingerprint density at radius 3 is 2.58 bits per heavy atom. The molecule has 0 bridgehead atoms. The Bertz CT molecular complexity index is 1020. The van der Waals surface area contributed by atoms with Crippen LogP contribution in [-0.2, 0) is 39.1 Å². The molecule has 1 aromatic rings. The Labute approximate surface area is 207 Å². The molecule has 2 heterocycles. The van der Waals surface area contributed by atoms with Gasteiger partial charge in [-0.2, -0.15) is 12.7 Å². The van der Waals surface area contributed by atoms with Crippen molar-refractivity contribution < 1.29 is 72.7 Å². The van der Waals surface area contributed by atoms with Crippen LogP contribution in [0.25, 0.3) is 0 Å². The molecule has 0 aliphatic carbocycles. The Morgan fingerprint density at radius 1 is 1.42 bits per heavy atom. The molecule has 1 aliphatic heterocycles. The van der Waals surface area contributed by atoms with Crippen molar-refractivity contribution in [3.05, 3.63) is 11.1 Å². The van der Waals surface area contributed by atoms with E-state index in [2.05, 4.69) is 30.3 Å². The second kappa shape index (κ2) is 11.2. The van der Waals surface area contributed by atoms with Crippen molar-refractivity contribution in [2.75, 3.05) is 25.4 Å². The van der Waals surface area contributed by atoms with Crippen molar-refractivity contribution in [2.24, 2.45) is 5.16 Å². The summed E-state index contributed by atoms with van der Waals surface area (Å²) in [7, 11) is -3.01. The quantitative estimate of drug-likeness (QED) is 0.0586. The number of thiazole rings is 1. The number of esters is 1. The van der Waals surface area contributed by atoms with E-state index >= 15 is 0 Å². The maximum Gasteiger partial charge on any atom is 1.00 e. The van der Waals surface area contributed by atoms with Gasteiger partial charge < -0.3 is 21.6 Å². The molecular formula is C13H15ClN5NaO9S2. The second-order valence-electron chi connectivity index (χ2n) is 5.37. The molecule has 0 saturated carbocycles. The molecule has 0 aromatic carbocycles. The number of anilines is 1. The van der Waals surface area contributed by atoms with E-state index in [1.807, 2.05) is 0 Å². The first-order valence-corrected chi connectivity index (χ1v) is 10.5. The molecule has 2 atom stereocenters. The normalized spacial score (nSPS) is 18.4. The van der Waals surface area contributed by atoms with E-state index in [0.29, 0.717) is 0 Å². The van der Waals surface area contributed by atoms with Crippen molar-refractivity contribution in [1.29, 1.82) is 0 Å². The first-order valence-electron chi connectivity index (χ1n) is 7.67. The van der Waals surface area contributed by atoms with Gasteiger partial charge in [-0.25, -0.2) is 9.78 Å². The van der Waals surface area contributed by atoms with Gasteiger partial charge in [-0.1, -0.05) is 5.16 Å². The van der Waals surface area contributed by atoms with Crippen molar-refractivity contribution in [3.8, 4) is 0 Å². The van der Waals surface area contributed by atoms with Gasteiger partial charge in [-0.15, -0.1) is 22.9 Å². The van der Waals surface area contributed by atoms with Gasteiger partial charge in [-0.3, -0.25) is 18.9 Å². The van der Waals surface area contributed by atoms with Crippen LogP contribution < -0.4 is 40.2 Å². The molecule has 166 valence electrons. The van der Waals surface area contributed by atoms with E-state index in [1.54, 1.807) is 0 Å². The van der Waals surface area contributed by atoms with Crippen LogP contribution in [0.2, 0.25) is 0 Å². The predicted molar refractivity (Wildman–Crippen MR) is 102 cm³/mol. The first kappa shape index (κ1) is 27.2. The average Bonchev–Trinajstić information content (AvgIpc) is 3.13. The summed E-state index contributed by atoms with van der Waals surface area (Å²) in [6.07, 6.45) is 0. The number of amides is 3. The Kier molecular flexibility index (Phi) is 9.80. The van der Waals surface area contributed by atoms with Crippen LogP contribution in [0.4, 0.5) is 5.13 Å². The van der Waals surface area contributed by atoms with Gasteiger partial charge in [-0.05, 0) is 0 Å². The largest absolute Gasteiger partial charge is 1.00 e. The number of hydrogen-bond acceptors (Lipinski definition) is 11. The summed E-state index contributed by atoms with van der Waals surface area (Å²) in [5, 5.41) is 9.42. The molecule has 31 heavy (non-hydrogen) atoms. The number of nitrogens with one attached hydrogen (secondary N) is 2. The minimum atomic E-state index is -5.07. The number of nitrogens with zero attached hydrogens (tertiary/aromatic N) is 3. The fraction of sp³-hybridized carbons (Fsp3) is 0.385. The van der Waals surface area contributed by atoms with E-state index in [-0.39, 0.29) is 52.0 Å². The number of oxime groups is 1. The number of methoxy groups -OCH3 is 1. The zero-order valence-electron chi connectivity index (χ0n) is 17.2. The molecule has 1 fully saturated rings. The molecular weight excluding hydrogens is 493 g/mol. The minimum Gasteiger partial charge on any atom is -1.00 e. The van der Waals surface area contributed by atoms with Crippen LogP contribution in [0.3, 0.4) is 0 Å². The summed E-state index contributed by atoms with van der Waals surface area (Å²) < 4.78 is 36.0. The Hall–Kier alpha value is -1.82. The molecule has 1 saturated heterocycles. The van der Waals surface area contributed by atoms with E-state index in [4.69, 9.17) is 16.2 Å². The van der Waals surface area contributed by atoms with Gasteiger partial charge in [0.05, 0.1) is 7.11 Å². The zero-order chi connectivity index (χ0) is 22.6. The van der Waals surface area contributed by atoms with Crippen molar-refractivity contribution in [3.63, 3.8) is 0 Å². The summed E-state index contributed by atoms with van der Waals surface area (Å²) in [6, 6.07) is -3.48. The summed E-state index contributed by atoms with van der Waals surface area (Å²) in [5.41, 5.74) is -0.501. The molecule has 0 radical (unpaired) electrons. The van der Waals surface area contributed by atoms with E-state index < -0.39 is 51.8 Å². The summed E-state index contributed by atoms with van der Waals surface area (Å²) >= 11 is 6.32. The topological polar surface area (TPSA) is 194 Å². The maximum atomic E-state index is 12.6. The third-order valence-electron chi connectivity index (χ3n) is 3.54. The smallest absolute Gasteiger partial charge is 1.00 e. The fourth-order valence-corrected chi connectivity index (χ4v) is 3.92. The number of halogens is 1. The molecule has 1 aliphatic rings. The summed E-state index contributed by atoms with van der Waals surface area (Å²) in [4.78, 5) is 56.4. The van der Waals surface area contributed by atoms with Gasteiger partial charge in [0.15, 0.2) is 16.9 Å². The van der Waals surface area contributed by atoms with E-state index in [1.165, 1.54) is 5.38 Å². The third-order valence-corrected chi connectivity index (χ3v) is 5.45. The number of β-lactam (4-membered cyclic amide) rings is 1. The van der Waals surface area contributed by atoms with Crippen molar-refractivity contribution in [1.82, 2.24) is 14.6 Å². The number of carbonyl (C=O) groups excluding carboxylic acids is 4. The van der Waals surface area contributed by atoms with Crippen LogP contribution in [0, 0.1) is 0 Å². The van der Waals surface area contributed by atoms with Gasteiger partial charge in [0.25, 0.3) is 11.8 Å². The number of hydrogen-bond donors (Lipinski definition) is 3. The Balaban J connectivity index is 0.00000480. The molecule has 1 aromatic heterocycles. The Morgan fingerprint density at radius 2 is 2.06 bits per heavy atom. The summed E-state index contributed by atoms with van der Waals surface area (Å²) in [5.74, 6) is -4.39. The third kappa shape index (κ3) is 6.12. The zero-order valence-corrected chi connectivity index (χ0v) is 20.6. The number of alkyl halides is 1. The van der Waals surface area contributed by atoms with Crippen LogP contribution in [0.5, 0.6) is 0 Å². The number of ether oxygens (including phenoxy) is 1. The summed E-state index contributed by atoms with van der Waals surface area (Å²) in [6.45, 7) is 0. The molecule has 18 heteroatoms. The maximum absolute atomic E-state index is 12.6. The standard InChI is InChI=1S/C13H14ClN5O9S2.Na.H/c1-27-12(23)9-8(11(22)19(9)30(24,25)26)17-10(21)7(18-28-2)5-4-29-13(15-5)16-6(20)3-14;;/h4,8-9H,3H2,1-2H3,(H,17,21)(H,15,16,20)(H,24,25,26);;/q;+1;-1/b18-7+;;. The van der Waals surface area contributed by atoms with Crippen molar-refractivity contribution >= 4 is 67.8 Å². The predicted octanol–water partition coefficient (Wildman–Crippen LogP) is -4.54. The van der Waals surface area contributed by atoms with Gasteiger partial charge >= 0.3 is 45.8 Å². The van der Waals surface area contributed by atoms with E-state index in [0.717, 1.165) is 25.6 Å². The van der Waals surface area contributed by atoms with Crippen LogP contribution in [0.15, 0.2) is 10.5 Å².